The quantitative estimate of drug-likeness (QED) is 0.701. The normalized spacial score (nSPS) is 25.0. The molecule has 130 valence electrons. The lowest BCUT2D eigenvalue weighted by atomic mass is 10.0. The number of hydrogen-bond acceptors (Lipinski definition) is 5. The zero-order chi connectivity index (χ0) is 16.4. The van der Waals surface area contributed by atoms with Crippen LogP contribution in [0.1, 0.15) is 25.7 Å². The topological polar surface area (TPSA) is 69.7 Å². The second-order valence-electron chi connectivity index (χ2n) is 5.55. The van der Waals surface area contributed by atoms with E-state index in [0.29, 0.717) is 0 Å². The SMILES string of the molecule is O=C(CS1(OS(=O)(=O)C(F)(F)F)CCOCC1)C1CCCC1. The fourth-order valence-electron chi connectivity index (χ4n) is 2.72. The van der Waals surface area contributed by atoms with Crippen molar-refractivity contribution in [1.29, 1.82) is 0 Å². The van der Waals surface area contributed by atoms with Crippen LogP contribution in [0.5, 0.6) is 0 Å². The third-order valence-corrected chi connectivity index (χ3v) is 9.00. The molecule has 0 radical (unpaired) electrons. The van der Waals surface area contributed by atoms with E-state index in [0.717, 1.165) is 25.7 Å². The minimum atomic E-state index is -5.70. The monoisotopic (exact) mass is 364 g/mol. The van der Waals surface area contributed by atoms with Gasteiger partial charge in [-0.1, -0.05) is 12.8 Å². The van der Waals surface area contributed by atoms with E-state index in [9.17, 15) is 26.4 Å². The summed E-state index contributed by atoms with van der Waals surface area (Å²) >= 11 is 0. The first-order valence-corrected chi connectivity index (χ1v) is 10.5. The van der Waals surface area contributed by atoms with E-state index < -0.39 is 25.9 Å². The van der Waals surface area contributed by atoms with Crippen LogP contribution in [0.4, 0.5) is 13.2 Å². The van der Waals surface area contributed by atoms with Gasteiger partial charge in [-0.15, -0.1) is 10.3 Å². The van der Waals surface area contributed by atoms with Crippen LogP contribution in [0.25, 0.3) is 0 Å². The lowest BCUT2D eigenvalue weighted by molar-refractivity contribution is -0.120. The summed E-state index contributed by atoms with van der Waals surface area (Å²) in [6.07, 6.45) is 3.28. The molecule has 2 aliphatic rings. The summed E-state index contributed by atoms with van der Waals surface area (Å²) in [6.45, 7) is 0.224. The maximum absolute atomic E-state index is 12.6. The Kier molecular flexibility index (Phi) is 5.46. The van der Waals surface area contributed by atoms with Gasteiger partial charge < -0.3 is 4.74 Å². The first-order valence-electron chi connectivity index (χ1n) is 7.04. The van der Waals surface area contributed by atoms with Gasteiger partial charge in [0.25, 0.3) is 0 Å². The van der Waals surface area contributed by atoms with E-state index in [1.54, 1.807) is 0 Å². The smallest absolute Gasteiger partial charge is 0.380 e. The van der Waals surface area contributed by atoms with Gasteiger partial charge in [0.1, 0.15) is 5.78 Å². The van der Waals surface area contributed by atoms with Gasteiger partial charge >= 0.3 is 15.6 Å². The van der Waals surface area contributed by atoms with E-state index in [2.05, 4.69) is 3.63 Å². The first kappa shape index (κ1) is 18.0. The summed E-state index contributed by atoms with van der Waals surface area (Å²) in [4.78, 5) is 12.3. The number of carbonyl (C=O) groups is 1. The highest BCUT2D eigenvalue weighted by Crippen LogP contribution is 2.54. The van der Waals surface area contributed by atoms with Gasteiger partial charge in [0, 0.05) is 17.4 Å². The lowest BCUT2D eigenvalue weighted by Crippen LogP contribution is -2.36. The molecule has 0 N–H and O–H groups in total. The van der Waals surface area contributed by atoms with Gasteiger partial charge in [0.2, 0.25) is 0 Å². The molecule has 1 heterocycles. The maximum atomic E-state index is 12.6. The van der Waals surface area contributed by atoms with Gasteiger partial charge in [-0.05, 0) is 12.8 Å². The van der Waals surface area contributed by atoms with Crippen LogP contribution in [-0.4, -0.2) is 50.2 Å². The van der Waals surface area contributed by atoms with Crippen LogP contribution in [-0.2, 0) is 23.3 Å². The highest BCUT2D eigenvalue weighted by Gasteiger charge is 2.51. The maximum Gasteiger partial charge on any atom is 0.523 e. The summed E-state index contributed by atoms with van der Waals surface area (Å²) in [5.41, 5.74) is -5.47. The van der Waals surface area contributed by atoms with Crippen LogP contribution in [0.15, 0.2) is 0 Å². The van der Waals surface area contributed by atoms with Crippen LogP contribution >= 0.6 is 10.3 Å². The van der Waals surface area contributed by atoms with Gasteiger partial charge in [0.05, 0.1) is 19.0 Å². The first-order chi connectivity index (χ1) is 10.2. The zero-order valence-electron chi connectivity index (χ0n) is 11.9. The number of hydrogen-bond donors (Lipinski definition) is 0. The average Bonchev–Trinajstić information content (AvgIpc) is 2.91. The van der Waals surface area contributed by atoms with Crippen LogP contribution < -0.4 is 0 Å². The largest absolute Gasteiger partial charge is 0.523 e. The Balaban J connectivity index is 2.15. The molecule has 22 heavy (non-hydrogen) atoms. The predicted molar refractivity (Wildman–Crippen MR) is 76.0 cm³/mol. The second kappa shape index (κ2) is 6.66. The van der Waals surface area contributed by atoms with E-state index in [4.69, 9.17) is 4.74 Å². The molecule has 5 nitrogen and oxygen atoms in total. The standard InChI is InChI=1S/C12H19F3O5S2/c13-12(14,15)22(17,18)20-21(7-5-19-6-8-21)9-11(16)10-3-1-2-4-10/h10H,1-9H2. The molecule has 0 spiro atoms. The second-order valence-corrected chi connectivity index (χ2v) is 10.5. The molecular formula is C12H19F3O5S2. The van der Waals surface area contributed by atoms with Crippen molar-refractivity contribution in [3.8, 4) is 0 Å². The van der Waals surface area contributed by atoms with Crippen molar-refractivity contribution in [2.75, 3.05) is 30.5 Å². The molecule has 0 atom stereocenters. The number of ketones is 1. The van der Waals surface area contributed by atoms with E-state index >= 15 is 0 Å². The number of ether oxygens (including phenoxy) is 1. The minimum Gasteiger partial charge on any atom is -0.380 e. The molecule has 1 saturated carbocycles. The fourth-order valence-corrected chi connectivity index (χ4v) is 7.37. The van der Waals surface area contributed by atoms with E-state index in [1.165, 1.54) is 0 Å². The number of halogens is 3. The zero-order valence-corrected chi connectivity index (χ0v) is 13.6. The van der Waals surface area contributed by atoms with Crippen molar-refractivity contribution in [3.05, 3.63) is 0 Å². The summed E-state index contributed by atoms with van der Waals surface area (Å²) < 4.78 is 70.1. The molecule has 1 aliphatic heterocycles. The molecule has 2 fully saturated rings. The van der Waals surface area contributed by atoms with Gasteiger partial charge in [-0.25, -0.2) is 3.63 Å². The highest BCUT2D eigenvalue weighted by molar-refractivity contribution is 8.33. The van der Waals surface area contributed by atoms with Gasteiger partial charge in [-0.2, -0.15) is 21.6 Å². The Hall–Kier alpha value is -0.320. The van der Waals surface area contributed by atoms with Crippen LogP contribution in [0.2, 0.25) is 0 Å². The Morgan fingerprint density at radius 3 is 2.23 bits per heavy atom. The van der Waals surface area contributed by atoms with Crippen molar-refractivity contribution in [2.45, 2.75) is 31.2 Å². The Labute approximate surface area is 129 Å². The van der Waals surface area contributed by atoms with Gasteiger partial charge in [0.15, 0.2) is 0 Å². The molecular weight excluding hydrogens is 345 g/mol. The average molecular weight is 364 g/mol. The predicted octanol–water partition coefficient (Wildman–Crippen LogP) is 2.36. The minimum absolute atomic E-state index is 0.0424. The fraction of sp³-hybridized carbons (Fsp3) is 0.917. The summed E-state index contributed by atoms with van der Waals surface area (Å²) in [6, 6.07) is 0. The van der Waals surface area contributed by atoms with E-state index in [-0.39, 0.29) is 42.2 Å². The van der Waals surface area contributed by atoms with Crippen molar-refractivity contribution in [3.63, 3.8) is 0 Å². The number of rotatable bonds is 5. The lowest BCUT2D eigenvalue weighted by Gasteiger charge is -2.41. The van der Waals surface area contributed by atoms with Crippen molar-refractivity contribution in [1.82, 2.24) is 0 Å². The summed E-state index contributed by atoms with van der Waals surface area (Å²) in [7, 11) is -8.35. The summed E-state index contributed by atoms with van der Waals surface area (Å²) in [5, 5.41) is 0. The van der Waals surface area contributed by atoms with Gasteiger partial charge in [-0.3, -0.25) is 4.79 Å². The Morgan fingerprint density at radius 1 is 1.18 bits per heavy atom. The number of carbonyl (C=O) groups excluding carboxylic acids is 1. The molecule has 1 aliphatic carbocycles. The highest BCUT2D eigenvalue weighted by atomic mass is 32.3. The van der Waals surface area contributed by atoms with Crippen LogP contribution in [0.3, 0.4) is 0 Å². The third-order valence-electron chi connectivity index (χ3n) is 3.93. The molecule has 2 rings (SSSR count). The molecule has 0 aromatic heterocycles. The van der Waals surface area contributed by atoms with Crippen molar-refractivity contribution in [2.24, 2.45) is 5.92 Å². The molecule has 0 aromatic carbocycles. The molecule has 10 heteroatoms. The van der Waals surface area contributed by atoms with Crippen molar-refractivity contribution >= 4 is 26.2 Å². The van der Waals surface area contributed by atoms with Crippen molar-refractivity contribution < 1.29 is 34.7 Å². The molecule has 0 unspecified atom stereocenters. The van der Waals surface area contributed by atoms with E-state index in [1.807, 2.05) is 0 Å². The Bertz CT molecular complexity index is 505. The summed E-state index contributed by atoms with van der Waals surface area (Å²) in [5.74, 6) is -0.492. The molecule has 1 saturated heterocycles. The number of Topliss-reactive ketones (excluding diaryl/α,β-unsaturated/α-hetero) is 1. The molecule has 0 amide bonds. The number of alkyl halides is 3. The van der Waals surface area contributed by atoms with Crippen LogP contribution in [0, 0.1) is 5.92 Å². The third kappa shape index (κ3) is 4.15. The molecule has 0 aromatic rings. The Morgan fingerprint density at radius 2 is 1.73 bits per heavy atom. The molecule has 0 bridgehead atoms.